The molecule has 0 amide bonds. The van der Waals surface area contributed by atoms with Crippen molar-refractivity contribution in [3.05, 3.63) is 34.6 Å². The number of hydrogen-bond acceptors (Lipinski definition) is 11. The van der Waals surface area contributed by atoms with Crippen molar-refractivity contribution in [1.82, 2.24) is 20.3 Å². The fraction of sp³-hybridized carbons (Fsp3) is 0.412. The lowest BCUT2D eigenvalue weighted by atomic mass is 10.1. The largest absolute Gasteiger partial charge is 0.396 e. The standard InChI is InChI=1S/C17H20N8O4/c26-10-2-5-18-12-11-13(14-15(22-29-21-14)16(12)25(27)28)23-6-8-24(9-7-23)17-19-3-1-4-20-17/h1,3-4,11,18,26H,2,5-10H2. The van der Waals surface area contributed by atoms with Crippen molar-refractivity contribution in [3.8, 4) is 0 Å². The normalized spacial score (nSPS) is 14.4. The van der Waals surface area contributed by atoms with Crippen molar-refractivity contribution >= 4 is 34.0 Å². The molecule has 0 aliphatic carbocycles. The molecule has 0 unspecified atom stereocenters. The minimum absolute atomic E-state index is 0.00900. The number of piperazine rings is 1. The zero-order valence-corrected chi connectivity index (χ0v) is 15.6. The van der Waals surface area contributed by atoms with E-state index in [1.54, 1.807) is 24.5 Å². The van der Waals surface area contributed by atoms with Crippen molar-refractivity contribution < 1.29 is 14.7 Å². The summed E-state index contributed by atoms with van der Waals surface area (Å²) in [7, 11) is 0. The van der Waals surface area contributed by atoms with Gasteiger partial charge in [-0.25, -0.2) is 14.6 Å². The zero-order valence-electron chi connectivity index (χ0n) is 15.6. The summed E-state index contributed by atoms with van der Waals surface area (Å²) in [6, 6.07) is 3.48. The molecule has 1 aliphatic rings. The summed E-state index contributed by atoms with van der Waals surface area (Å²) < 4.78 is 4.83. The first-order chi connectivity index (χ1) is 14.2. The highest BCUT2D eigenvalue weighted by Crippen LogP contribution is 2.38. The number of nitrogens with zero attached hydrogens (tertiary/aromatic N) is 7. The molecular formula is C17H20N8O4. The molecule has 2 aromatic heterocycles. The minimum Gasteiger partial charge on any atom is -0.396 e. The Morgan fingerprint density at radius 2 is 1.83 bits per heavy atom. The molecular weight excluding hydrogens is 380 g/mol. The second-order valence-corrected chi connectivity index (χ2v) is 6.54. The van der Waals surface area contributed by atoms with Gasteiger partial charge in [0.15, 0.2) is 5.52 Å². The first-order valence-corrected chi connectivity index (χ1v) is 9.24. The molecule has 152 valence electrons. The second-order valence-electron chi connectivity index (χ2n) is 6.54. The van der Waals surface area contributed by atoms with E-state index >= 15 is 0 Å². The van der Waals surface area contributed by atoms with E-state index in [1.807, 2.05) is 0 Å². The fourth-order valence-electron chi connectivity index (χ4n) is 3.38. The molecule has 0 radical (unpaired) electrons. The fourth-order valence-corrected chi connectivity index (χ4v) is 3.38. The van der Waals surface area contributed by atoms with Gasteiger partial charge in [0.2, 0.25) is 11.5 Å². The number of nitro benzene ring substituents is 1. The van der Waals surface area contributed by atoms with Gasteiger partial charge in [-0.3, -0.25) is 10.1 Å². The number of aromatic nitrogens is 4. The third-order valence-corrected chi connectivity index (χ3v) is 4.78. The lowest BCUT2D eigenvalue weighted by molar-refractivity contribution is -0.382. The Bertz CT molecular complexity index is 988. The van der Waals surface area contributed by atoms with E-state index in [1.165, 1.54) is 0 Å². The van der Waals surface area contributed by atoms with E-state index in [-0.39, 0.29) is 17.8 Å². The van der Waals surface area contributed by atoms with Crippen LogP contribution in [0.5, 0.6) is 0 Å². The molecule has 0 atom stereocenters. The number of hydrogen-bond donors (Lipinski definition) is 2. The van der Waals surface area contributed by atoms with Gasteiger partial charge in [-0.15, -0.1) is 0 Å². The maximum atomic E-state index is 11.6. The van der Waals surface area contributed by atoms with Crippen LogP contribution in [0.2, 0.25) is 0 Å². The maximum Gasteiger partial charge on any atom is 0.323 e. The van der Waals surface area contributed by atoms with Crippen molar-refractivity contribution in [2.45, 2.75) is 6.42 Å². The molecule has 3 aromatic rings. The predicted octanol–water partition coefficient (Wildman–Crippen LogP) is 1.04. The van der Waals surface area contributed by atoms with Crippen molar-refractivity contribution in [2.75, 3.05) is 54.4 Å². The number of nitrogens with one attached hydrogen (secondary N) is 1. The van der Waals surface area contributed by atoms with Crippen LogP contribution in [0.4, 0.5) is 23.0 Å². The summed E-state index contributed by atoms with van der Waals surface area (Å²) in [6.07, 6.45) is 3.89. The van der Waals surface area contributed by atoms with Crippen LogP contribution in [0.3, 0.4) is 0 Å². The van der Waals surface area contributed by atoms with Crippen LogP contribution in [-0.2, 0) is 0 Å². The molecule has 3 heterocycles. The molecule has 12 heteroatoms. The van der Waals surface area contributed by atoms with Crippen LogP contribution in [0.25, 0.3) is 11.0 Å². The van der Waals surface area contributed by atoms with E-state index < -0.39 is 4.92 Å². The first kappa shape index (κ1) is 18.8. The summed E-state index contributed by atoms with van der Waals surface area (Å²) >= 11 is 0. The Hall–Kier alpha value is -3.54. The number of aliphatic hydroxyl groups excluding tert-OH is 1. The Kier molecular flexibility index (Phi) is 5.33. The number of nitro groups is 1. The summed E-state index contributed by atoms with van der Waals surface area (Å²) in [6.45, 7) is 3.10. The summed E-state index contributed by atoms with van der Waals surface area (Å²) in [5.41, 5.74) is 1.32. The number of fused-ring (bicyclic) bond motifs is 1. The number of anilines is 3. The van der Waals surface area contributed by atoms with Gasteiger partial charge >= 0.3 is 5.69 Å². The van der Waals surface area contributed by atoms with Gasteiger partial charge in [0.25, 0.3) is 0 Å². The molecule has 0 bridgehead atoms. The van der Waals surface area contributed by atoms with Crippen LogP contribution < -0.4 is 15.1 Å². The van der Waals surface area contributed by atoms with E-state index in [2.05, 4.69) is 35.4 Å². The van der Waals surface area contributed by atoms with Gasteiger partial charge in [0, 0.05) is 51.7 Å². The maximum absolute atomic E-state index is 11.6. The second kappa shape index (κ2) is 8.22. The molecule has 12 nitrogen and oxygen atoms in total. The SMILES string of the molecule is O=[N+]([O-])c1c(NCCCO)cc(N2CCN(c3ncccn3)CC2)c2nonc12. The molecule has 1 aromatic carbocycles. The smallest absolute Gasteiger partial charge is 0.323 e. The number of benzene rings is 1. The first-order valence-electron chi connectivity index (χ1n) is 9.24. The van der Waals surface area contributed by atoms with Crippen molar-refractivity contribution in [1.29, 1.82) is 0 Å². The highest BCUT2D eigenvalue weighted by atomic mass is 16.6. The Morgan fingerprint density at radius 1 is 1.14 bits per heavy atom. The average molecular weight is 400 g/mol. The van der Waals surface area contributed by atoms with Crippen LogP contribution in [0.1, 0.15) is 6.42 Å². The van der Waals surface area contributed by atoms with Gasteiger partial charge in [0.1, 0.15) is 5.69 Å². The highest BCUT2D eigenvalue weighted by molar-refractivity contribution is 5.99. The number of rotatable bonds is 7. The lowest BCUT2D eigenvalue weighted by Gasteiger charge is -2.36. The predicted molar refractivity (Wildman–Crippen MR) is 105 cm³/mol. The summed E-state index contributed by atoms with van der Waals surface area (Å²) in [5, 5.41) is 31.3. The molecule has 29 heavy (non-hydrogen) atoms. The van der Waals surface area contributed by atoms with Crippen LogP contribution in [0, 0.1) is 10.1 Å². The number of aliphatic hydroxyl groups is 1. The average Bonchev–Trinajstić information content (AvgIpc) is 3.23. The van der Waals surface area contributed by atoms with E-state index in [9.17, 15) is 10.1 Å². The van der Waals surface area contributed by atoms with Gasteiger partial charge in [-0.2, -0.15) is 0 Å². The molecule has 0 saturated carbocycles. The van der Waals surface area contributed by atoms with Gasteiger partial charge < -0.3 is 20.2 Å². The van der Waals surface area contributed by atoms with Crippen LogP contribution >= 0.6 is 0 Å². The third-order valence-electron chi connectivity index (χ3n) is 4.78. The van der Waals surface area contributed by atoms with Gasteiger partial charge in [-0.05, 0) is 28.9 Å². The topological polar surface area (TPSA) is 147 Å². The Balaban J connectivity index is 1.63. The van der Waals surface area contributed by atoms with Gasteiger partial charge in [-0.1, -0.05) is 0 Å². The molecule has 1 aliphatic heterocycles. The molecule has 2 N–H and O–H groups in total. The minimum atomic E-state index is -0.498. The molecule has 1 fully saturated rings. The molecule has 1 saturated heterocycles. The van der Waals surface area contributed by atoms with Crippen LogP contribution in [-0.4, -0.2) is 69.6 Å². The highest BCUT2D eigenvalue weighted by Gasteiger charge is 2.29. The Morgan fingerprint density at radius 3 is 2.52 bits per heavy atom. The van der Waals surface area contributed by atoms with E-state index in [4.69, 9.17) is 9.74 Å². The lowest BCUT2D eigenvalue weighted by Crippen LogP contribution is -2.47. The van der Waals surface area contributed by atoms with Gasteiger partial charge in [0.05, 0.1) is 10.6 Å². The van der Waals surface area contributed by atoms with Crippen molar-refractivity contribution in [3.63, 3.8) is 0 Å². The third kappa shape index (κ3) is 3.74. The molecule has 4 rings (SSSR count). The van der Waals surface area contributed by atoms with Crippen LogP contribution in [0.15, 0.2) is 29.2 Å². The summed E-state index contributed by atoms with van der Waals surface area (Å²) in [5.74, 6) is 0.676. The summed E-state index contributed by atoms with van der Waals surface area (Å²) in [4.78, 5) is 23.9. The zero-order chi connectivity index (χ0) is 20.2. The van der Waals surface area contributed by atoms with E-state index in [0.29, 0.717) is 62.0 Å². The molecule has 0 spiro atoms. The van der Waals surface area contributed by atoms with Crippen molar-refractivity contribution in [2.24, 2.45) is 0 Å². The monoisotopic (exact) mass is 400 g/mol. The quantitative estimate of drug-likeness (QED) is 0.333. The Labute approximate surface area is 165 Å². The van der Waals surface area contributed by atoms with E-state index in [0.717, 1.165) is 0 Å².